The number of rotatable bonds is 5. The SMILES string of the molecule is CO[C@@H]1C[C@@H]2COc3c(Sc4cnc(N5CCC6(CC5)CO[C@@H](C)C6)c(CO)n4)ccnc3N2C1. The molecule has 3 fully saturated rings. The van der Waals surface area contributed by atoms with Gasteiger partial charge in [-0.2, -0.15) is 0 Å². The molecule has 0 amide bonds. The minimum atomic E-state index is -0.142. The average Bonchev–Trinajstić information content (AvgIpc) is 3.48. The van der Waals surface area contributed by atoms with Gasteiger partial charge in [0.1, 0.15) is 17.3 Å². The standard InChI is InChI=1S/C25H33N5O4S/c1-16-10-25(15-34-16)4-7-29(8-5-25)23-19(13-31)28-21(11-27-23)35-20-3-6-26-24-22(20)33-14-17-9-18(32-2)12-30(17)24/h3,6,11,16-18,31H,4-5,7-10,12-15H2,1-2H3/t16-,17+,18+/m0/s1. The molecule has 0 unspecified atom stereocenters. The molecule has 2 aromatic rings. The van der Waals surface area contributed by atoms with Crippen LogP contribution in [0.5, 0.6) is 5.75 Å². The van der Waals surface area contributed by atoms with Crippen molar-refractivity contribution in [3.8, 4) is 5.75 Å². The first-order valence-corrected chi connectivity index (χ1v) is 13.3. The molecule has 0 radical (unpaired) electrons. The summed E-state index contributed by atoms with van der Waals surface area (Å²) in [6.45, 7) is 6.15. The quantitative estimate of drug-likeness (QED) is 0.662. The van der Waals surface area contributed by atoms with E-state index in [2.05, 4.69) is 21.7 Å². The van der Waals surface area contributed by atoms with Crippen molar-refractivity contribution in [2.24, 2.45) is 5.41 Å². The number of piperidine rings is 1. The highest BCUT2D eigenvalue weighted by atomic mass is 32.2. The largest absolute Gasteiger partial charge is 0.486 e. The van der Waals surface area contributed by atoms with Crippen LogP contribution in [0.4, 0.5) is 11.6 Å². The molecule has 1 spiro atoms. The Labute approximate surface area is 210 Å². The van der Waals surface area contributed by atoms with Crippen molar-refractivity contribution in [1.29, 1.82) is 0 Å². The van der Waals surface area contributed by atoms with Crippen LogP contribution in [-0.4, -0.2) is 78.3 Å². The highest BCUT2D eigenvalue weighted by Gasteiger charge is 2.42. The molecule has 0 aliphatic carbocycles. The van der Waals surface area contributed by atoms with Crippen LogP contribution in [-0.2, 0) is 16.1 Å². The molecule has 2 aromatic heterocycles. The number of pyridine rings is 1. The maximum absolute atomic E-state index is 10.1. The molecule has 0 aromatic carbocycles. The number of nitrogens with zero attached hydrogens (tertiary/aromatic N) is 5. The van der Waals surface area contributed by atoms with E-state index in [1.165, 1.54) is 11.8 Å². The van der Waals surface area contributed by atoms with Crippen LogP contribution in [0.1, 0.15) is 38.3 Å². The van der Waals surface area contributed by atoms with Gasteiger partial charge in [-0.15, -0.1) is 0 Å². The van der Waals surface area contributed by atoms with Crippen LogP contribution in [0.3, 0.4) is 0 Å². The molecule has 9 nitrogen and oxygen atoms in total. The number of anilines is 2. The molecular weight excluding hydrogens is 466 g/mol. The lowest BCUT2D eigenvalue weighted by atomic mass is 9.77. The molecule has 188 valence electrons. The molecule has 4 aliphatic rings. The predicted molar refractivity (Wildman–Crippen MR) is 132 cm³/mol. The first-order valence-electron chi connectivity index (χ1n) is 12.5. The molecule has 35 heavy (non-hydrogen) atoms. The Morgan fingerprint density at radius 2 is 2.11 bits per heavy atom. The lowest BCUT2D eigenvalue weighted by molar-refractivity contribution is 0.0975. The summed E-state index contributed by atoms with van der Waals surface area (Å²) in [6.07, 6.45) is 8.44. The van der Waals surface area contributed by atoms with Crippen LogP contribution in [0.25, 0.3) is 0 Å². The zero-order chi connectivity index (χ0) is 24.0. The molecule has 4 aliphatic heterocycles. The predicted octanol–water partition coefficient (Wildman–Crippen LogP) is 2.90. The summed E-state index contributed by atoms with van der Waals surface area (Å²) in [5, 5.41) is 10.8. The molecule has 0 saturated carbocycles. The van der Waals surface area contributed by atoms with E-state index in [1.54, 1.807) is 13.3 Å². The van der Waals surface area contributed by atoms with Gasteiger partial charge in [0.05, 0.1) is 42.6 Å². The molecular formula is C25H33N5O4S. The van der Waals surface area contributed by atoms with Gasteiger partial charge >= 0.3 is 0 Å². The van der Waals surface area contributed by atoms with Crippen molar-refractivity contribution in [2.45, 2.75) is 67.4 Å². The summed E-state index contributed by atoms with van der Waals surface area (Å²) < 4.78 is 17.6. The summed E-state index contributed by atoms with van der Waals surface area (Å²) in [5.74, 6) is 2.44. The normalized spacial score (nSPS) is 27.1. The third kappa shape index (κ3) is 4.34. The number of fused-ring (bicyclic) bond motifs is 3. The fraction of sp³-hybridized carbons (Fsp3) is 0.640. The molecule has 1 N–H and O–H groups in total. The van der Waals surface area contributed by atoms with E-state index in [0.29, 0.717) is 29.9 Å². The second kappa shape index (κ2) is 9.38. The van der Waals surface area contributed by atoms with Gasteiger partial charge in [0, 0.05) is 32.9 Å². The van der Waals surface area contributed by atoms with E-state index in [1.807, 2.05) is 12.3 Å². The maximum atomic E-state index is 10.1. The van der Waals surface area contributed by atoms with Gasteiger partial charge in [-0.3, -0.25) is 0 Å². The van der Waals surface area contributed by atoms with Crippen LogP contribution < -0.4 is 14.5 Å². The van der Waals surface area contributed by atoms with E-state index >= 15 is 0 Å². The third-order valence-electron chi connectivity index (χ3n) is 7.93. The van der Waals surface area contributed by atoms with E-state index < -0.39 is 0 Å². The maximum Gasteiger partial charge on any atom is 0.175 e. The van der Waals surface area contributed by atoms with Crippen molar-refractivity contribution >= 4 is 23.4 Å². The van der Waals surface area contributed by atoms with Gasteiger partial charge in [-0.1, -0.05) is 11.8 Å². The molecule has 6 heterocycles. The number of methoxy groups -OCH3 is 1. The third-order valence-corrected chi connectivity index (χ3v) is 8.88. The Kier molecular flexibility index (Phi) is 6.24. The Morgan fingerprint density at radius 3 is 2.86 bits per heavy atom. The molecule has 3 saturated heterocycles. The van der Waals surface area contributed by atoms with E-state index in [-0.39, 0.29) is 12.7 Å². The van der Waals surface area contributed by atoms with Gasteiger partial charge in [0.15, 0.2) is 17.4 Å². The van der Waals surface area contributed by atoms with Crippen molar-refractivity contribution in [3.63, 3.8) is 0 Å². The van der Waals surface area contributed by atoms with Crippen LogP contribution >= 0.6 is 11.8 Å². The second-order valence-electron chi connectivity index (χ2n) is 10.2. The van der Waals surface area contributed by atoms with Gasteiger partial charge in [-0.05, 0) is 44.1 Å². The number of aliphatic hydroxyl groups is 1. The van der Waals surface area contributed by atoms with E-state index in [0.717, 1.165) is 79.2 Å². The lowest BCUT2D eigenvalue weighted by Crippen LogP contribution is -2.41. The minimum absolute atomic E-state index is 0.142. The molecule has 6 rings (SSSR count). The number of aliphatic hydroxyl groups excluding tert-OH is 1. The lowest BCUT2D eigenvalue weighted by Gasteiger charge is -2.39. The number of hydrogen-bond acceptors (Lipinski definition) is 10. The Morgan fingerprint density at radius 1 is 1.26 bits per heavy atom. The van der Waals surface area contributed by atoms with Crippen LogP contribution in [0.2, 0.25) is 0 Å². The summed E-state index contributed by atoms with van der Waals surface area (Å²) in [4.78, 5) is 19.7. The van der Waals surface area contributed by atoms with Crippen molar-refractivity contribution in [1.82, 2.24) is 15.0 Å². The Hall–Kier alpha value is -2.14. The highest BCUT2D eigenvalue weighted by Crippen LogP contribution is 2.45. The van der Waals surface area contributed by atoms with Crippen molar-refractivity contribution in [2.75, 3.05) is 49.8 Å². The molecule has 0 bridgehead atoms. The van der Waals surface area contributed by atoms with Gasteiger partial charge in [-0.25, -0.2) is 15.0 Å². The smallest absolute Gasteiger partial charge is 0.175 e. The molecule has 10 heteroatoms. The minimum Gasteiger partial charge on any atom is -0.486 e. The monoisotopic (exact) mass is 499 g/mol. The fourth-order valence-electron chi connectivity index (χ4n) is 6.00. The van der Waals surface area contributed by atoms with Gasteiger partial charge in [0.2, 0.25) is 0 Å². The number of hydrogen-bond donors (Lipinski definition) is 1. The zero-order valence-corrected chi connectivity index (χ0v) is 21.2. The summed E-state index contributed by atoms with van der Waals surface area (Å²) in [5.41, 5.74) is 0.921. The van der Waals surface area contributed by atoms with Crippen LogP contribution in [0, 0.1) is 5.41 Å². The first-order chi connectivity index (χ1) is 17.1. The number of ether oxygens (including phenoxy) is 3. The number of aromatic nitrogens is 3. The average molecular weight is 500 g/mol. The summed E-state index contributed by atoms with van der Waals surface area (Å²) in [6, 6.07) is 2.25. The highest BCUT2D eigenvalue weighted by molar-refractivity contribution is 7.99. The van der Waals surface area contributed by atoms with Crippen molar-refractivity contribution < 1.29 is 19.3 Å². The first kappa shape index (κ1) is 23.3. The van der Waals surface area contributed by atoms with Crippen LogP contribution in [0.15, 0.2) is 28.4 Å². The second-order valence-corrected chi connectivity index (χ2v) is 11.3. The van der Waals surface area contributed by atoms with Crippen molar-refractivity contribution in [3.05, 3.63) is 24.2 Å². The topological polar surface area (TPSA) is 93.1 Å². The Bertz CT molecular complexity index is 1080. The van der Waals surface area contributed by atoms with E-state index in [4.69, 9.17) is 24.2 Å². The van der Waals surface area contributed by atoms with E-state index in [9.17, 15) is 5.11 Å². The Balaban J connectivity index is 1.19. The van der Waals surface area contributed by atoms with Gasteiger partial charge < -0.3 is 29.1 Å². The van der Waals surface area contributed by atoms with Gasteiger partial charge in [0.25, 0.3) is 0 Å². The molecule has 3 atom stereocenters. The summed E-state index contributed by atoms with van der Waals surface area (Å²) in [7, 11) is 1.76. The fourth-order valence-corrected chi connectivity index (χ4v) is 6.86. The summed E-state index contributed by atoms with van der Waals surface area (Å²) >= 11 is 1.50. The zero-order valence-electron chi connectivity index (χ0n) is 20.4.